The Labute approximate surface area is 151 Å². The molecule has 0 aromatic heterocycles. The Bertz CT molecular complexity index is 492. The number of piperidine rings is 1. The van der Waals surface area contributed by atoms with Crippen molar-refractivity contribution in [3.05, 3.63) is 30.3 Å². The predicted molar refractivity (Wildman–Crippen MR) is 103 cm³/mol. The predicted octanol–water partition coefficient (Wildman–Crippen LogP) is 4.04. The molecule has 1 fully saturated rings. The van der Waals surface area contributed by atoms with Gasteiger partial charge in [-0.15, -0.1) is 11.8 Å². The quantitative estimate of drug-likeness (QED) is 0.720. The van der Waals surface area contributed by atoms with Crippen LogP contribution in [0.3, 0.4) is 0 Å². The first kappa shape index (κ1) is 19.3. The fourth-order valence-electron chi connectivity index (χ4n) is 3.16. The van der Waals surface area contributed by atoms with Crippen molar-refractivity contribution >= 4 is 17.7 Å². The average molecular weight is 349 g/mol. The van der Waals surface area contributed by atoms with Crippen LogP contribution in [0.5, 0.6) is 0 Å². The largest absolute Gasteiger partial charge is 0.356 e. The van der Waals surface area contributed by atoms with Crippen molar-refractivity contribution < 1.29 is 4.79 Å². The van der Waals surface area contributed by atoms with Gasteiger partial charge in [-0.3, -0.25) is 4.79 Å². The van der Waals surface area contributed by atoms with E-state index in [1.807, 2.05) is 25.6 Å². The zero-order chi connectivity index (χ0) is 17.4. The summed E-state index contributed by atoms with van der Waals surface area (Å²) in [6.07, 6.45) is 3.70. The summed E-state index contributed by atoms with van der Waals surface area (Å²) in [4.78, 5) is 15.7. The van der Waals surface area contributed by atoms with Crippen LogP contribution in [0.4, 0.5) is 0 Å². The van der Waals surface area contributed by atoms with Gasteiger partial charge in [0, 0.05) is 29.9 Å². The number of carbonyl (C=O) groups is 1. The molecule has 2 atom stereocenters. The molecule has 2 unspecified atom stereocenters. The maximum Gasteiger partial charge on any atom is 0.222 e. The monoisotopic (exact) mass is 348 g/mol. The van der Waals surface area contributed by atoms with Crippen molar-refractivity contribution in [3.63, 3.8) is 0 Å². The minimum Gasteiger partial charge on any atom is -0.356 e. The maximum atomic E-state index is 11.7. The summed E-state index contributed by atoms with van der Waals surface area (Å²) in [6, 6.07) is 11.3. The molecule has 0 spiro atoms. The topological polar surface area (TPSA) is 32.3 Å². The molecule has 1 heterocycles. The second kappa shape index (κ2) is 10.1. The van der Waals surface area contributed by atoms with Gasteiger partial charge in [-0.05, 0) is 56.5 Å². The van der Waals surface area contributed by atoms with Gasteiger partial charge in [-0.2, -0.15) is 0 Å². The Morgan fingerprint density at radius 3 is 2.75 bits per heavy atom. The molecule has 134 valence electrons. The lowest BCUT2D eigenvalue weighted by Crippen LogP contribution is -2.45. The summed E-state index contributed by atoms with van der Waals surface area (Å²) >= 11 is 1.95. The van der Waals surface area contributed by atoms with Crippen LogP contribution in [0.1, 0.15) is 40.0 Å². The molecule has 1 aliphatic rings. The van der Waals surface area contributed by atoms with E-state index >= 15 is 0 Å². The van der Waals surface area contributed by atoms with Crippen molar-refractivity contribution in [3.8, 4) is 0 Å². The molecule has 1 amide bonds. The van der Waals surface area contributed by atoms with Gasteiger partial charge in [0.1, 0.15) is 0 Å². The highest BCUT2D eigenvalue weighted by Gasteiger charge is 2.23. The first-order valence-corrected chi connectivity index (χ1v) is 10.2. The van der Waals surface area contributed by atoms with Gasteiger partial charge in [0.25, 0.3) is 0 Å². The van der Waals surface area contributed by atoms with Gasteiger partial charge in [0.15, 0.2) is 0 Å². The highest BCUT2D eigenvalue weighted by atomic mass is 32.2. The highest BCUT2D eigenvalue weighted by molar-refractivity contribution is 7.99. The zero-order valence-corrected chi connectivity index (χ0v) is 16.1. The van der Waals surface area contributed by atoms with Crippen LogP contribution < -0.4 is 5.32 Å². The van der Waals surface area contributed by atoms with Crippen molar-refractivity contribution in [2.75, 3.05) is 25.4 Å². The van der Waals surface area contributed by atoms with Crippen LogP contribution in [0.15, 0.2) is 35.2 Å². The van der Waals surface area contributed by atoms with E-state index in [1.54, 1.807) is 0 Å². The Morgan fingerprint density at radius 1 is 1.29 bits per heavy atom. The molecular weight excluding hydrogens is 316 g/mol. The van der Waals surface area contributed by atoms with Gasteiger partial charge in [-0.25, -0.2) is 0 Å². The molecular formula is C20H32N2OS. The van der Waals surface area contributed by atoms with E-state index < -0.39 is 0 Å². The Balaban J connectivity index is 1.69. The Morgan fingerprint density at radius 2 is 2.04 bits per heavy atom. The van der Waals surface area contributed by atoms with Gasteiger partial charge >= 0.3 is 0 Å². The van der Waals surface area contributed by atoms with E-state index in [2.05, 4.69) is 47.5 Å². The lowest BCUT2D eigenvalue weighted by Gasteiger charge is -2.37. The number of benzene rings is 1. The van der Waals surface area contributed by atoms with E-state index in [0.717, 1.165) is 18.8 Å². The van der Waals surface area contributed by atoms with E-state index in [4.69, 9.17) is 0 Å². The zero-order valence-electron chi connectivity index (χ0n) is 15.3. The van der Waals surface area contributed by atoms with Crippen LogP contribution in [-0.4, -0.2) is 42.2 Å². The lowest BCUT2D eigenvalue weighted by atomic mass is 9.96. The summed E-state index contributed by atoms with van der Waals surface area (Å²) in [7, 11) is 0. The molecule has 1 aliphatic heterocycles. The molecule has 0 radical (unpaired) electrons. The molecule has 0 saturated carbocycles. The van der Waals surface area contributed by atoms with Gasteiger partial charge < -0.3 is 10.2 Å². The first-order chi connectivity index (χ1) is 11.6. The molecule has 1 aromatic carbocycles. The van der Waals surface area contributed by atoms with Crippen LogP contribution in [0, 0.1) is 11.8 Å². The first-order valence-electron chi connectivity index (χ1n) is 9.26. The third-order valence-corrected chi connectivity index (χ3v) is 5.86. The normalized spacial score (nSPS) is 20.1. The van der Waals surface area contributed by atoms with Crippen molar-refractivity contribution in [1.29, 1.82) is 0 Å². The lowest BCUT2D eigenvalue weighted by molar-refractivity contribution is -0.124. The van der Waals surface area contributed by atoms with E-state index in [1.165, 1.54) is 30.7 Å². The summed E-state index contributed by atoms with van der Waals surface area (Å²) in [5, 5.41) is 3.11. The second-order valence-electron chi connectivity index (χ2n) is 7.20. The number of hydrogen-bond acceptors (Lipinski definition) is 3. The fourth-order valence-corrected chi connectivity index (χ4v) is 4.20. The number of hydrogen-bond donors (Lipinski definition) is 1. The van der Waals surface area contributed by atoms with Gasteiger partial charge in [-0.1, -0.05) is 32.0 Å². The molecule has 1 aromatic rings. The third-order valence-electron chi connectivity index (χ3n) is 4.81. The third kappa shape index (κ3) is 6.48. The molecule has 4 heteroatoms. The number of nitrogens with zero attached hydrogens (tertiary/aromatic N) is 1. The average Bonchev–Trinajstić information content (AvgIpc) is 2.60. The maximum absolute atomic E-state index is 11.7. The van der Waals surface area contributed by atoms with Crippen molar-refractivity contribution in [2.45, 2.75) is 51.0 Å². The molecule has 1 saturated heterocycles. The molecule has 2 rings (SSSR count). The molecule has 24 heavy (non-hydrogen) atoms. The van der Waals surface area contributed by atoms with Crippen LogP contribution in [0.2, 0.25) is 0 Å². The smallest absolute Gasteiger partial charge is 0.222 e. The Kier molecular flexibility index (Phi) is 8.13. The van der Waals surface area contributed by atoms with E-state index in [9.17, 15) is 4.79 Å². The van der Waals surface area contributed by atoms with Crippen LogP contribution in [0.25, 0.3) is 0 Å². The summed E-state index contributed by atoms with van der Waals surface area (Å²) in [6.45, 7) is 9.41. The van der Waals surface area contributed by atoms with E-state index in [0.29, 0.717) is 12.0 Å². The Hall–Kier alpha value is -1.00. The fraction of sp³-hybridized carbons (Fsp3) is 0.650. The number of amides is 1. The SMILES string of the molecule is CC(C)C(=O)NCC1CCCN(C(C)CCSc2ccccc2)C1. The number of thioether (sulfide) groups is 1. The number of nitrogens with one attached hydrogen (secondary N) is 1. The number of likely N-dealkylation sites (tertiary alicyclic amines) is 1. The molecule has 1 N–H and O–H groups in total. The van der Waals surface area contributed by atoms with Crippen molar-refractivity contribution in [1.82, 2.24) is 10.2 Å². The highest BCUT2D eigenvalue weighted by Crippen LogP contribution is 2.23. The number of carbonyl (C=O) groups excluding carboxylic acids is 1. The number of rotatable bonds is 8. The van der Waals surface area contributed by atoms with Crippen LogP contribution >= 0.6 is 11.8 Å². The van der Waals surface area contributed by atoms with Crippen molar-refractivity contribution in [2.24, 2.45) is 11.8 Å². The second-order valence-corrected chi connectivity index (χ2v) is 8.37. The van der Waals surface area contributed by atoms with Crippen LogP contribution in [-0.2, 0) is 4.79 Å². The standard InChI is InChI=1S/C20H32N2OS/c1-16(2)20(23)21-14-18-8-7-12-22(15-18)17(3)11-13-24-19-9-5-4-6-10-19/h4-6,9-10,16-18H,7-8,11-15H2,1-3H3,(H,21,23). The van der Waals surface area contributed by atoms with Gasteiger partial charge in [0.2, 0.25) is 5.91 Å². The summed E-state index contributed by atoms with van der Waals surface area (Å²) in [5.74, 6) is 2.03. The molecule has 0 bridgehead atoms. The molecule has 0 aliphatic carbocycles. The summed E-state index contributed by atoms with van der Waals surface area (Å²) < 4.78 is 0. The van der Waals surface area contributed by atoms with Gasteiger partial charge in [0.05, 0.1) is 0 Å². The minimum atomic E-state index is 0.0821. The summed E-state index contributed by atoms with van der Waals surface area (Å²) in [5.41, 5.74) is 0. The molecule has 3 nitrogen and oxygen atoms in total. The van der Waals surface area contributed by atoms with E-state index in [-0.39, 0.29) is 11.8 Å². The minimum absolute atomic E-state index is 0.0821.